The van der Waals surface area contributed by atoms with Crippen LogP contribution in [0.4, 0.5) is 4.39 Å². The van der Waals surface area contributed by atoms with E-state index in [2.05, 4.69) is 9.72 Å². The summed E-state index contributed by atoms with van der Waals surface area (Å²) in [6.07, 6.45) is 2.80. The van der Waals surface area contributed by atoms with Crippen LogP contribution in [0.3, 0.4) is 0 Å². The largest absolute Gasteiger partial charge is 0.463 e. The molecule has 0 atom stereocenters. The first kappa shape index (κ1) is 15.4. The van der Waals surface area contributed by atoms with Gasteiger partial charge in [-0.15, -0.1) is 0 Å². The Kier molecular flexibility index (Phi) is 3.53. The van der Waals surface area contributed by atoms with Crippen molar-refractivity contribution in [1.29, 1.82) is 0 Å². The Morgan fingerprint density at radius 1 is 1.28 bits per heavy atom. The number of ketones is 1. The number of methoxy groups -OCH3 is 1. The van der Waals surface area contributed by atoms with Gasteiger partial charge in [-0.25, -0.2) is 9.18 Å². The lowest BCUT2D eigenvalue weighted by atomic mass is 9.89. The van der Waals surface area contributed by atoms with Crippen molar-refractivity contribution < 1.29 is 23.1 Å². The van der Waals surface area contributed by atoms with Gasteiger partial charge in [0.25, 0.3) is 0 Å². The molecule has 0 saturated carbocycles. The smallest absolute Gasteiger partial charge is 0.373 e. The quantitative estimate of drug-likeness (QED) is 0.568. The Morgan fingerprint density at radius 2 is 2.12 bits per heavy atom. The molecule has 0 amide bonds. The number of hydrogen-bond donors (Lipinski definition) is 1. The highest BCUT2D eigenvalue weighted by molar-refractivity contribution is 6.19. The summed E-state index contributed by atoms with van der Waals surface area (Å²) in [7, 11) is 1.27. The number of hydrogen-bond acceptors (Lipinski definition) is 4. The molecule has 0 unspecified atom stereocenters. The van der Waals surface area contributed by atoms with Crippen LogP contribution < -0.4 is 0 Å². The molecule has 2 heterocycles. The lowest BCUT2D eigenvalue weighted by molar-refractivity contribution is 0.0564. The molecule has 126 valence electrons. The Balaban J connectivity index is 1.74. The molecule has 3 aromatic rings. The summed E-state index contributed by atoms with van der Waals surface area (Å²) in [5, 5.41) is 0.584. The first-order valence-corrected chi connectivity index (χ1v) is 7.80. The first-order chi connectivity index (χ1) is 12.1. The topological polar surface area (TPSA) is 72.3 Å². The summed E-state index contributed by atoms with van der Waals surface area (Å²) >= 11 is 0. The molecule has 1 aliphatic rings. The Bertz CT molecular complexity index is 1040. The van der Waals surface area contributed by atoms with Crippen molar-refractivity contribution in [2.45, 2.75) is 12.8 Å². The molecule has 0 aliphatic heterocycles. The molecule has 0 radical (unpaired) electrons. The number of Topliss-reactive ketones (excluding diaryl/α,β-unsaturated/α-hetero) is 1. The second-order valence-electron chi connectivity index (χ2n) is 5.86. The zero-order chi connectivity index (χ0) is 17.6. The third-order valence-corrected chi connectivity index (χ3v) is 4.33. The molecule has 2 aromatic heterocycles. The molecule has 0 bridgehead atoms. The maximum atomic E-state index is 13.6. The maximum absolute atomic E-state index is 13.6. The minimum absolute atomic E-state index is 0.0764. The number of H-pyrrole nitrogens is 1. The summed E-state index contributed by atoms with van der Waals surface area (Å²) in [4.78, 5) is 27.5. The van der Waals surface area contributed by atoms with Crippen LogP contribution in [0, 0.1) is 5.82 Å². The van der Waals surface area contributed by atoms with Gasteiger partial charge in [0.05, 0.1) is 12.7 Å². The number of carbonyl (C=O) groups excluding carboxylic acids is 2. The van der Waals surface area contributed by atoms with Gasteiger partial charge in [-0.2, -0.15) is 0 Å². The van der Waals surface area contributed by atoms with E-state index >= 15 is 0 Å². The van der Waals surface area contributed by atoms with Gasteiger partial charge in [-0.1, -0.05) is 0 Å². The van der Waals surface area contributed by atoms with E-state index in [9.17, 15) is 14.0 Å². The van der Waals surface area contributed by atoms with Gasteiger partial charge in [-0.05, 0) is 49.2 Å². The lowest BCUT2D eigenvalue weighted by Gasteiger charge is -2.13. The second-order valence-corrected chi connectivity index (χ2v) is 5.86. The predicted octanol–water partition coefficient (Wildman–Crippen LogP) is 3.90. The number of benzene rings is 1. The van der Waals surface area contributed by atoms with Gasteiger partial charge < -0.3 is 14.1 Å². The molecule has 1 aliphatic carbocycles. The number of furan rings is 1. The zero-order valence-electron chi connectivity index (χ0n) is 13.4. The number of nitrogens with one attached hydrogen (secondary N) is 1. The number of fused-ring (bicyclic) bond motifs is 3. The highest BCUT2D eigenvalue weighted by atomic mass is 19.1. The molecule has 25 heavy (non-hydrogen) atoms. The van der Waals surface area contributed by atoms with Crippen LogP contribution in [0.15, 0.2) is 40.3 Å². The molecular formula is C19H14FNO4. The lowest BCUT2D eigenvalue weighted by Crippen LogP contribution is -2.13. The number of halogens is 1. The number of allylic oxidation sites excluding steroid dienone is 1. The summed E-state index contributed by atoms with van der Waals surface area (Å²) in [5.41, 5.74) is 2.62. The van der Waals surface area contributed by atoms with E-state index in [0.717, 1.165) is 11.2 Å². The normalized spacial score (nSPS) is 15.6. The van der Waals surface area contributed by atoms with E-state index in [1.54, 1.807) is 18.2 Å². The standard InChI is InChI=1S/C19H14FNO4/c1-24-19(23)16-7-4-12(25-16)8-10-2-5-15-17(18(10)22)13-9-11(20)3-6-14(13)21-15/h3-4,6-9,21H,2,5H2,1H3/b10-8+. The van der Waals surface area contributed by atoms with E-state index in [-0.39, 0.29) is 17.4 Å². The van der Waals surface area contributed by atoms with Crippen molar-refractivity contribution in [2.75, 3.05) is 7.11 Å². The summed E-state index contributed by atoms with van der Waals surface area (Å²) < 4.78 is 23.6. The number of aromatic nitrogens is 1. The van der Waals surface area contributed by atoms with E-state index in [0.29, 0.717) is 35.1 Å². The summed E-state index contributed by atoms with van der Waals surface area (Å²) in [6.45, 7) is 0. The number of carbonyl (C=O) groups is 2. The van der Waals surface area contributed by atoms with E-state index < -0.39 is 5.97 Å². The van der Waals surface area contributed by atoms with Crippen LogP contribution in [-0.2, 0) is 11.2 Å². The zero-order valence-corrected chi connectivity index (χ0v) is 13.4. The SMILES string of the molecule is COC(=O)c1ccc(/C=C2\CCc3[nH]c4ccc(F)cc4c3C2=O)o1. The minimum atomic E-state index is -0.575. The molecule has 0 spiro atoms. The summed E-state index contributed by atoms with van der Waals surface area (Å²) in [5.74, 6) is -0.638. The third-order valence-electron chi connectivity index (χ3n) is 4.33. The van der Waals surface area contributed by atoms with Gasteiger partial charge in [0.15, 0.2) is 5.78 Å². The molecule has 1 N–H and O–H groups in total. The van der Waals surface area contributed by atoms with E-state index in [4.69, 9.17) is 4.42 Å². The number of ether oxygens (including phenoxy) is 1. The first-order valence-electron chi connectivity index (χ1n) is 7.80. The average Bonchev–Trinajstić information content (AvgIpc) is 3.21. The Labute approximate surface area is 142 Å². The monoisotopic (exact) mass is 339 g/mol. The maximum Gasteiger partial charge on any atom is 0.373 e. The van der Waals surface area contributed by atoms with Crippen molar-refractivity contribution >= 4 is 28.7 Å². The van der Waals surface area contributed by atoms with Gasteiger partial charge in [-0.3, -0.25) is 4.79 Å². The molecule has 5 nitrogen and oxygen atoms in total. The second kappa shape index (κ2) is 5.73. The highest BCUT2D eigenvalue weighted by Crippen LogP contribution is 2.32. The molecular weight excluding hydrogens is 325 g/mol. The molecule has 6 heteroatoms. The van der Waals surface area contributed by atoms with Gasteiger partial charge in [0, 0.05) is 22.2 Å². The van der Waals surface area contributed by atoms with Crippen LogP contribution >= 0.6 is 0 Å². The van der Waals surface area contributed by atoms with Crippen LogP contribution in [0.5, 0.6) is 0 Å². The number of rotatable bonds is 2. The predicted molar refractivity (Wildman–Crippen MR) is 88.9 cm³/mol. The van der Waals surface area contributed by atoms with E-state index in [1.807, 2.05) is 0 Å². The Hall–Kier alpha value is -3.15. The number of aryl methyl sites for hydroxylation is 1. The fourth-order valence-corrected chi connectivity index (χ4v) is 3.15. The molecule has 0 fully saturated rings. The van der Waals surface area contributed by atoms with Crippen LogP contribution in [-0.4, -0.2) is 23.8 Å². The third kappa shape index (κ3) is 2.55. The van der Waals surface area contributed by atoms with Crippen molar-refractivity contribution in [2.24, 2.45) is 0 Å². The minimum Gasteiger partial charge on any atom is -0.463 e. The van der Waals surface area contributed by atoms with Crippen LogP contribution in [0.2, 0.25) is 0 Å². The fourth-order valence-electron chi connectivity index (χ4n) is 3.15. The van der Waals surface area contributed by atoms with Crippen LogP contribution in [0.1, 0.15) is 38.8 Å². The summed E-state index contributed by atoms with van der Waals surface area (Å²) in [6, 6.07) is 7.47. The van der Waals surface area contributed by atoms with E-state index in [1.165, 1.54) is 25.3 Å². The molecule has 1 aromatic carbocycles. The highest BCUT2D eigenvalue weighted by Gasteiger charge is 2.26. The number of aromatic amines is 1. The molecule has 0 saturated heterocycles. The molecule has 4 rings (SSSR count). The van der Waals surface area contributed by atoms with Crippen molar-refractivity contribution in [3.63, 3.8) is 0 Å². The van der Waals surface area contributed by atoms with Gasteiger partial charge in [0.2, 0.25) is 5.76 Å². The Morgan fingerprint density at radius 3 is 2.92 bits per heavy atom. The van der Waals surface area contributed by atoms with Gasteiger partial charge in [0.1, 0.15) is 11.6 Å². The van der Waals surface area contributed by atoms with Crippen molar-refractivity contribution in [3.05, 3.63) is 64.5 Å². The van der Waals surface area contributed by atoms with Crippen molar-refractivity contribution in [3.8, 4) is 0 Å². The van der Waals surface area contributed by atoms with Gasteiger partial charge >= 0.3 is 5.97 Å². The van der Waals surface area contributed by atoms with Crippen LogP contribution in [0.25, 0.3) is 17.0 Å². The number of esters is 1. The average molecular weight is 339 g/mol. The fraction of sp³-hybridized carbons (Fsp3) is 0.158. The van der Waals surface area contributed by atoms with Crippen molar-refractivity contribution in [1.82, 2.24) is 4.98 Å².